The number of nitrogens with zero attached hydrogens (tertiary/aromatic N) is 2. The van der Waals surface area contributed by atoms with Crippen LogP contribution in [0.15, 0.2) is 53.5 Å². The van der Waals surface area contributed by atoms with E-state index in [9.17, 15) is 4.79 Å². The van der Waals surface area contributed by atoms with E-state index in [0.29, 0.717) is 23.7 Å². The number of rotatable bonds is 8. The third-order valence-corrected chi connectivity index (χ3v) is 5.65. The molecule has 166 valence electrons. The van der Waals surface area contributed by atoms with Crippen molar-refractivity contribution in [2.24, 2.45) is 4.99 Å². The second-order valence-corrected chi connectivity index (χ2v) is 8.06. The maximum atomic E-state index is 12.3. The predicted molar refractivity (Wildman–Crippen MR) is 129 cm³/mol. The van der Waals surface area contributed by atoms with E-state index in [0.717, 1.165) is 25.6 Å². The van der Waals surface area contributed by atoms with Gasteiger partial charge in [-0.05, 0) is 56.5 Å². The number of nitrogens with one attached hydrogen (secondary N) is 3. The number of benzene rings is 2. The number of halogens is 1. The molecule has 0 radical (unpaired) electrons. The molecule has 31 heavy (non-hydrogen) atoms. The molecular formula is C24H32ClN5O. The van der Waals surface area contributed by atoms with Gasteiger partial charge >= 0.3 is 0 Å². The van der Waals surface area contributed by atoms with Crippen LogP contribution in [0, 0.1) is 0 Å². The summed E-state index contributed by atoms with van der Waals surface area (Å²) in [4.78, 5) is 19.3. The molecule has 0 saturated carbocycles. The molecule has 2 aromatic rings. The van der Waals surface area contributed by atoms with Gasteiger partial charge in [-0.1, -0.05) is 35.9 Å². The maximum absolute atomic E-state index is 12.3. The van der Waals surface area contributed by atoms with Gasteiger partial charge in [0.25, 0.3) is 5.91 Å². The van der Waals surface area contributed by atoms with Crippen LogP contribution in [-0.2, 0) is 0 Å². The minimum absolute atomic E-state index is 0.109. The molecule has 6 nitrogen and oxygen atoms in total. The van der Waals surface area contributed by atoms with Crippen molar-refractivity contribution in [3.05, 3.63) is 64.7 Å². The average molecular weight is 442 g/mol. The SMILES string of the molecule is CCNC(=NCCNC(=O)c1ccccc1Cl)NC(C)c1cccc(N2CCCC2)c1. The molecule has 3 rings (SSSR count). The van der Waals surface area contributed by atoms with Gasteiger partial charge in [0.1, 0.15) is 0 Å². The highest BCUT2D eigenvalue weighted by Gasteiger charge is 2.14. The third-order valence-electron chi connectivity index (χ3n) is 5.32. The summed E-state index contributed by atoms with van der Waals surface area (Å²) in [7, 11) is 0. The van der Waals surface area contributed by atoms with Crippen molar-refractivity contribution in [3.8, 4) is 0 Å². The Labute approximate surface area is 190 Å². The van der Waals surface area contributed by atoms with E-state index in [2.05, 4.69) is 57.0 Å². The Morgan fingerprint density at radius 2 is 1.90 bits per heavy atom. The first-order valence-corrected chi connectivity index (χ1v) is 11.4. The molecule has 1 amide bonds. The normalized spacial score (nSPS) is 14.9. The van der Waals surface area contributed by atoms with Crippen molar-refractivity contribution in [3.63, 3.8) is 0 Å². The molecule has 1 aliphatic rings. The molecular weight excluding hydrogens is 410 g/mol. The van der Waals surface area contributed by atoms with E-state index in [1.54, 1.807) is 24.3 Å². The molecule has 1 unspecified atom stereocenters. The molecule has 1 fully saturated rings. The fraction of sp³-hybridized carbons (Fsp3) is 0.417. The van der Waals surface area contributed by atoms with Crippen LogP contribution in [0.4, 0.5) is 5.69 Å². The van der Waals surface area contributed by atoms with Crippen LogP contribution in [0.5, 0.6) is 0 Å². The maximum Gasteiger partial charge on any atom is 0.252 e. The second-order valence-electron chi connectivity index (χ2n) is 7.65. The zero-order valence-electron chi connectivity index (χ0n) is 18.3. The van der Waals surface area contributed by atoms with Gasteiger partial charge in [-0.25, -0.2) is 0 Å². The Bertz CT molecular complexity index is 895. The first-order valence-electron chi connectivity index (χ1n) is 11.0. The van der Waals surface area contributed by atoms with Gasteiger partial charge in [-0.2, -0.15) is 0 Å². The van der Waals surface area contributed by atoms with Crippen LogP contribution >= 0.6 is 11.6 Å². The van der Waals surface area contributed by atoms with Crippen LogP contribution in [0.1, 0.15) is 48.7 Å². The van der Waals surface area contributed by atoms with E-state index in [-0.39, 0.29) is 11.9 Å². The fourth-order valence-corrected chi connectivity index (χ4v) is 3.87. The van der Waals surface area contributed by atoms with Crippen LogP contribution in [0.3, 0.4) is 0 Å². The predicted octanol–water partition coefficient (Wildman–Crippen LogP) is 3.99. The minimum Gasteiger partial charge on any atom is -0.372 e. The molecule has 7 heteroatoms. The lowest BCUT2D eigenvalue weighted by Crippen LogP contribution is -2.39. The van der Waals surface area contributed by atoms with E-state index in [1.807, 2.05) is 6.92 Å². The zero-order chi connectivity index (χ0) is 22.1. The topological polar surface area (TPSA) is 68.8 Å². The van der Waals surface area contributed by atoms with E-state index < -0.39 is 0 Å². The summed E-state index contributed by atoms with van der Waals surface area (Å²) in [5.41, 5.74) is 2.99. The highest BCUT2D eigenvalue weighted by molar-refractivity contribution is 6.33. The number of aliphatic imine (C=N–C) groups is 1. The monoisotopic (exact) mass is 441 g/mol. The van der Waals surface area contributed by atoms with E-state index in [4.69, 9.17) is 11.6 Å². The standard InChI is InChI=1S/C24H32ClN5O/c1-3-26-24(28-14-13-27-23(31)21-11-4-5-12-22(21)25)29-18(2)19-9-8-10-20(17-19)30-15-6-7-16-30/h4-5,8-12,17-18H,3,6-7,13-16H2,1-2H3,(H,27,31)(H2,26,28,29). The van der Waals surface area contributed by atoms with Crippen molar-refractivity contribution in [1.29, 1.82) is 0 Å². The molecule has 0 spiro atoms. The number of carbonyl (C=O) groups excluding carboxylic acids is 1. The summed E-state index contributed by atoms with van der Waals surface area (Å²) >= 11 is 6.08. The number of hydrogen-bond acceptors (Lipinski definition) is 3. The van der Waals surface area contributed by atoms with Gasteiger partial charge in [-0.3, -0.25) is 9.79 Å². The summed E-state index contributed by atoms with van der Waals surface area (Å²) in [5.74, 6) is 0.541. The number of hydrogen-bond donors (Lipinski definition) is 3. The molecule has 1 atom stereocenters. The summed E-state index contributed by atoms with van der Waals surface area (Å²) < 4.78 is 0. The first kappa shape index (κ1) is 22.9. The molecule has 2 aromatic carbocycles. The molecule has 0 aromatic heterocycles. The Balaban J connectivity index is 1.55. The lowest BCUT2D eigenvalue weighted by atomic mass is 10.1. The molecule has 0 aliphatic carbocycles. The van der Waals surface area contributed by atoms with Crippen molar-refractivity contribution in [2.45, 2.75) is 32.7 Å². The highest BCUT2D eigenvalue weighted by Crippen LogP contribution is 2.24. The summed E-state index contributed by atoms with van der Waals surface area (Å²) in [5, 5.41) is 10.1. The minimum atomic E-state index is -0.189. The second kappa shape index (κ2) is 11.6. The summed E-state index contributed by atoms with van der Waals surface area (Å²) in [6.45, 7) is 8.10. The molecule has 1 heterocycles. The van der Waals surface area contributed by atoms with Gasteiger partial charge in [0.05, 0.1) is 23.2 Å². The largest absolute Gasteiger partial charge is 0.372 e. The smallest absolute Gasteiger partial charge is 0.252 e. The summed E-state index contributed by atoms with van der Waals surface area (Å²) in [6.07, 6.45) is 2.53. The van der Waals surface area contributed by atoms with Gasteiger partial charge < -0.3 is 20.9 Å². The first-order chi connectivity index (χ1) is 15.1. The van der Waals surface area contributed by atoms with Gasteiger partial charge in [0.2, 0.25) is 0 Å². The van der Waals surface area contributed by atoms with Crippen molar-refractivity contribution >= 4 is 29.2 Å². The highest BCUT2D eigenvalue weighted by atomic mass is 35.5. The van der Waals surface area contributed by atoms with Crippen molar-refractivity contribution in [2.75, 3.05) is 37.6 Å². The van der Waals surface area contributed by atoms with Crippen molar-refractivity contribution < 1.29 is 4.79 Å². The zero-order valence-corrected chi connectivity index (χ0v) is 19.1. The Hall–Kier alpha value is -2.73. The lowest BCUT2D eigenvalue weighted by molar-refractivity contribution is 0.0955. The van der Waals surface area contributed by atoms with Crippen molar-refractivity contribution in [1.82, 2.24) is 16.0 Å². The molecule has 1 aliphatic heterocycles. The van der Waals surface area contributed by atoms with E-state index >= 15 is 0 Å². The number of carbonyl (C=O) groups is 1. The lowest BCUT2D eigenvalue weighted by Gasteiger charge is -2.22. The van der Waals surface area contributed by atoms with E-state index in [1.165, 1.54) is 24.1 Å². The number of guanidine groups is 1. The molecule has 1 saturated heterocycles. The Kier molecular flexibility index (Phi) is 8.59. The van der Waals surface area contributed by atoms with Gasteiger partial charge in [0, 0.05) is 31.9 Å². The number of amides is 1. The Morgan fingerprint density at radius 3 is 2.65 bits per heavy atom. The van der Waals surface area contributed by atoms with Crippen LogP contribution in [-0.4, -0.2) is 44.6 Å². The Morgan fingerprint density at radius 1 is 1.13 bits per heavy atom. The quantitative estimate of drug-likeness (QED) is 0.329. The molecule has 3 N–H and O–H groups in total. The summed E-state index contributed by atoms with van der Waals surface area (Å²) in [6, 6.07) is 15.8. The van der Waals surface area contributed by atoms with Gasteiger partial charge in [0.15, 0.2) is 5.96 Å². The van der Waals surface area contributed by atoms with Gasteiger partial charge in [-0.15, -0.1) is 0 Å². The fourth-order valence-electron chi connectivity index (χ4n) is 3.65. The number of anilines is 1. The van der Waals surface area contributed by atoms with Crippen LogP contribution in [0.2, 0.25) is 5.02 Å². The van der Waals surface area contributed by atoms with Crippen LogP contribution < -0.4 is 20.9 Å². The van der Waals surface area contributed by atoms with Crippen LogP contribution in [0.25, 0.3) is 0 Å². The average Bonchev–Trinajstić information content (AvgIpc) is 3.32. The third kappa shape index (κ3) is 6.62. The molecule has 0 bridgehead atoms.